The lowest BCUT2D eigenvalue weighted by atomic mass is 10.2. The van der Waals surface area contributed by atoms with Gasteiger partial charge in [-0.05, 0) is 41.6 Å². The minimum atomic E-state index is -0.414. The molecule has 5 nitrogen and oxygen atoms in total. The molecule has 1 amide bonds. The van der Waals surface area contributed by atoms with Crippen LogP contribution in [0.3, 0.4) is 0 Å². The van der Waals surface area contributed by atoms with Crippen molar-refractivity contribution in [2.24, 2.45) is 0 Å². The molecule has 0 aliphatic rings. The van der Waals surface area contributed by atoms with Gasteiger partial charge in [0, 0.05) is 17.2 Å². The molecular formula is C14H18INO4. The highest BCUT2D eigenvalue weighted by Crippen LogP contribution is 2.14. The smallest absolute Gasteiger partial charge is 0.325 e. The summed E-state index contributed by atoms with van der Waals surface area (Å²) in [7, 11) is 1.55. The lowest BCUT2D eigenvalue weighted by Crippen LogP contribution is -2.39. The van der Waals surface area contributed by atoms with E-state index in [-0.39, 0.29) is 12.5 Å². The Bertz CT molecular complexity index is 464. The molecule has 110 valence electrons. The Balaban J connectivity index is 2.84. The highest BCUT2D eigenvalue weighted by molar-refractivity contribution is 14.1. The summed E-state index contributed by atoms with van der Waals surface area (Å²) in [5.74, 6) is -0.608. The number of benzene rings is 1. The summed E-state index contributed by atoms with van der Waals surface area (Å²) in [4.78, 5) is 25.5. The lowest BCUT2D eigenvalue weighted by Gasteiger charge is -2.22. The van der Waals surface area contributed by atoms with E-state index >= 15 is 0 Å². The van der Waals surface area contributed by atoms with Crippen molar-refractivity contribution in [2.75, 3.05) is 33.4 Å². The van der Waals surface area contributed by atoms with E-state index < -0.39 is 5.97 Å². The van der Waals surface area contributed by atoms with Crippen LogP contribution in [-0.4, -0.2) is 50.2 Å². The molecule has 1 aromatic rings. The summed E-state index contributed by atoms with van der Waals surface area (Å²) in [5.41, 5.74) is 0.577. The molecule has 0 aliphatic carbocycles. The SMILES string of the molecule is CCOC(=O)CN(CCOC)C(=O)c1ccccc1I. The third kappa shape index (κ3) is 5.09. The Morgan fingerprint density at radius 1 is 1.30 bits per heavy atom. The van der Waals surface area contributed by atoms with Crippen LogP contribution in [0.2, 0.25) is 0 Å². The van der Waals surface area contributed by atoms with Gasteiger partial charge in [-0.2, -0.15) is 0 Å². The highest BCUT2D eigenvalue weighted by atomic mass is 127. The quantitative estimate of drug-likeness (QED) is 0.527. The average Bonchev–Trinajstić information content (AvgIpc) is 2.43. The molecule has 0 unspecified atom stereocenters. The number of rotatable bonds is 7. The van der Waals surface area contributed by atoms with Crippen molar-refractivity contribution in [3.05, 3.63) is 33.4 Å². The molecular weight excluding hydrogens is 373 g/mol. The van der Waals surface area contributed by atoms with Crippen molar-refractivity contribution in [1.82, 2.24) is 4.90 Å². The molecule has 0 spiro atoms. The van der Waals surface area contributed by atoms with Crippen molar-refractivity contribution < 1.29 is 19.1 Å². The minimum Gasteiger partial charge on any atom is -0.465 e. The summed E-state index contributed by atoms with van der Waals surface area (Å²) in [6.07, 6.45) is 0. The zero-order valence-corrected chi connectivity index (χ0v) is 13.8. The van der Waals surface area contributed by atoms with Crippen molar-refractivity contribution in [1.29, 1.82) is 0 Å². The number of carbonyl (C=O) groups is 2. The van der Waals surface area contributed by atoms with Crippen LogP contribution in [0.1, 0.15) is 17.3 Å². The summed E-state index contributed by atoms with van der Waals surface area (Å²) in [5, 5.41) is 0. The van der Waals surface area contributed by atoms with Gasteiger partial charge in [-0.3, -0.25) is 9.59 Å². The van der Waals surface area contributed by atoms with E-state index in [9.17, 15) is 9.59 Å². The van der Waals surface area contributed by atoms with Crippen LogP contribution < -0.4 is 0 Å². The summed E-state index contributed by atoms with van der Waals surface area (Å²) < 4.78 is 10.7. The van der Waals surface area contributed by atoms with Gasteiger partial charge in [0.15, 0.2) is 0 Å². The van der Waals surface area contributed by atoms with Crippen molar-refractivity contribution in [3.63, 3.8) is 0 Å². The Morgan fingerprint density at radius 2 is 2.00 bits per heavy atom. The van der Waals surface area contributed by atoms with E-state index in [0.29, 0.717) is 25.3 Å². The Hall–Kier alpha value is -1.15. The standard InChI is InChI=1S/C14H18INO4/c1-3-20-13(17)10-16(8-9-19-2)14(18)11-6-4-5-7-12(11)15/h4-7H,3,8-10H2,1-2H3. The number of halogens is 1. The zero-order chi connectivity index (χ0) is 15.0. The molecule has 0 N–H and O–H groups in total. The number of methoxy groups -OCH3 is 1. The normalized spacial score (nSPS) is 10.2. The molecule has 6 heteroatoms. The maximum Gasteiger partial charge on any atom is 0.325 e. The summed E-state index contributed by atoms with van der Waals surface area (Å²) in [6.45, 7) is 2.68. The second kappa shape index (κ2) is 8.91. The number of carbonyl (C=O) groups excluding carboxylic acids is 2. The van der Waals surface area contributed by atoms with E-state index in [1.807, 2.05) is 12.1 Å². The van der Waals surface area contributed by atoms with Gasteiger partial charge in [0.05, 0.1) is 18.8 Å². The molecule has 0 heterocycles. The molecule has 0 aromatic heterocycles. The molecule has 20 heavy (non-hydrogen) atoms. The van der Waals surface area contributed by atoms with Crippen LogP contribution in [0.4, 0.5) is 0 Å². The predicted molar refractivity (Wildman–Crippen MR) is 83.6 cm³/mol. The first-order valence-electron chi connectivity index (χ1n) is 6.28. The fraction of sp³-hybridized carbons (Fsp3) is 0.429. The average molecular weight is 391 g/mol. The third-order valence-electron chi connectivity index (χ3n) is 2.58. The van der Waals surface area contributed by atoms with Crippen molar-refractivity contribution in [2.45, 2.75) is 6.92 Å². The van der Waals surface area contributed by atoms with Crippen LogP contribution in [0.25, 0.3) is 0 Å². The first-order chi connectivity index (χ1) is 9.60. The van der Waals surface area contributed by atoms with Crippen LogP contribution in [0, 0.1) is 3.57 Å². The first-order valence-corrected chi connectivity index (χ1v) is 7.36. The zero-order valence-electron chi connectivity index (χ0n) is 11.6. The fourth-order valence-corrected chi connectivity index (χ4v) is 2.24. The van der Waals surface area contributed by atoms with Crippen molar-refractivity contribution >= 4 is 34.5 Å². The summed E-state index contributed by atoms with van der Waals surface area (Å²) in [6, 6.07) is 7.26. The van der Waals surface area contributed by atoms with Crippen LogP contribution >= 0.6 is 22.6 Å². The topological polar surface area (TPSA) is 55.8 Å². The largest absolute Gasteiger partial charge is 0.465 e. The molecule has 0 saturated carbocycles. The molecule has 0 saturated heterocycles. The third-order valence-corrected chi connectivity index (χ3v) is 3.52. The number of hydrogen-bond donors (Lipinski definition) is 0. The summed E-state index contributed by atoms with van der Waals surface area (Å²) >= 11 is 2.10. The van der Waals surface area contributed by atoms with Gasteiger partial charge in [-0.25, -0.2) is 0 Å². The van der Waals surface area contributed by atoms with Gasteiger partial charge in [0.2, 0.25) is 0 Å². The van der Waals surface area contributed by atoms with Crippen LogP contribution in [0.5, 0.6) is 0 Å². The second-order valence-electron chi connectivity index (χ2n) is 4.00. The number of hydrogen-bond acceptors (Lipinski definition) is 4. The monoisotopic (exact) mass is 391 g/mol. The number of esters is 1. The lowest BCUT2D eigenvalue weighted by molar-refractivity contribution is -0.143. The van der Waals surface area contributed by atoms with E-state index in [4.69, 9.17) is 9.47 Å². The molecule has 0 bridgehead atoms. The van der Waals surface area contributed by atoms with E-state index in [0.717, 1.165) is 3.57 Å². The van der Waals surface area contributed by atoms with Crippen LogP contribution in [-0.2, 0) is 14.3 Å². The van der Waals surface area contributed by atoms with Crippen LogP contribution in [0.15, 0.2) is 24.3 Å². The number of ether oxygens (including phenoxy) is 2. The Kier molecular flexibility index (Phi) is 7.53. The first kappa shape index (κ1) is 16.9. The molecule has 1 rings (SSSR count). The van der Waals surface area contributed by atoms with E-state index in [1.54, 1.807) is 26.2 Å². The van der Waals surface area contributed by atoms with Crippen molar-refractivity contribution in [3.8, 4) is 0 Å². The molecule has 1 aromatic carbocycles. The van der Waals surface area contributed by atoms with Gasteiger partial charge in [0.1, 0.15) is 6.54 Å². The minimum absolute atomic E-state index is 0.0684. The second-order valence-corrected chi connectivity index (χ2v) is 5.17. The van der Waals surface area contributed by atoms with Gasteiger partial charge in [-0.15, -0.1) is 0 Å². The number of amides is 1. The van der Waals surface area contributed by atoms with Gasteiger partial charge in [0.25, 0.3) is 5.91 Å². The fourth-order valence-electron chi connectivity index (χ4n) is 1.62. The van der Waals surface area contributed by atoms with Gasteiger partial charge in [-0.1, -0.05) is 12.1 Å². The molecule has 0 aliphatic heterocycles. The predicted octanol–water partition coefficient (Wildman–Crippen LogP) is 1.94. The van der Waals surface area contributed by atoms with E-state index in [1.165, 1.54) is 4.90 Å². The maximum absolute atomic E-state index is 12.5. The Labute approximate surface area is 132 Å². The van der Waals surface area contributed by atoms with Gasteiger partial charge >= 0.3 is 5.97 Å². The molecule has 0 atom stereocenters. The maximum atomic E-state index is 12.5. The van der Waals surface area contributed by atoms with E-state index in [2.05, 4.69) is 22.6 Å². The van der Waals surface area contributed by atoms with Gasteiger partial charge < -0.3 is 14.4 Å². The Morgan fingerprint density at radius 3 is 2.60 bits per heavy atom. The number of nitrogens with zero attached hydrogens (tertiary/aromatic N) is 1. The highest BCUT2D eigenvalue weighted by Gasteiger charge is 2.20. The molecule has 0 radical (unpaired) electrons. The molecule has 0 fully saturated rings.